The van der Waals surface area contributed by atoms with Gasteiger partial charge in [0.1, 0.15) is 6.61 Å². The first-order valence-corrected chi connectivity index (χ1v) is 7.34. The summed E-state index contributed by atoms with van der Waals surface area (Å²) in [6.07, 6.45) is 2.79. The third-order valence-corrected chi connectivity index (χ3v) is 3.54. The van der Waals surface area contributed by atoms with Gasteiger partial charge in [-0.15, -0.1) is 0 Å². The number of rotatable bonds is 4. The molecule has 3 heteroatoms. The first-order valence-electron chi connectivity index (χ1n) is 7.34. The molecule has 1 N–H and O–H groups in total. The summed E-state index contributed by atoms with van der Waals surface area (Å²) in [5.41, 5.74) is 2.25. The maximum Gasteiger partial charge on any atom is 0.104 e. The second-order valence-corrected chi connectivity index (χ2v) is 5.11. The summed E-state index contributed by atoms with van der Waals surface area (Å²) in [4.78, 5) is 2.46. The molecular formula is C17H23NO2. The molecule has 1 atom stereocenters. The third kappa shape index (κ3) is 4.64. The summed E-state index contributed by atoms with van der Waals surface area (Å²) in [5.74, 6) is 5.58. The van der Waals surface area contributed by atoms with Crippen molar-refractivity contribution in [3.05, 3.63) is 35.4 Å². The molecule has 1 aromatic rings. The number of piperidine rings is 1. The van der Waals surface area contributed by atoms with Crippen molar-refractivity contribution in [1.82, 2.24) is 4.90 Å². The molecule has 0 spiro atoms. The summed E-state index contributed by atoms with van der Waals surface area (Å²) < 4.78 is 5.73. The van der Waals surface area contributed by atoms with E-state index >= 15 is 0 Å². The highest BCUT2D eigenvalue weighted by atomic mass is 16.5. The molecule has 1 aromatic carbocycles. The van der Waals surface area contributed by atoms with Crippen molar-refractivity contribution in [2.75, 3.05) is 26.3 Å². The molecule has 1 aliphatic heterocycles. The Morgan fingerprint density at radius 2 is 2.15 bits per heavy atom. The molecule has 1 saturated heterocycles. The summed E-state index contributed by atoms with van der Waals surface area (Å²) in [5, 5.41) is 8.67. The van der Waals surface area contributed by atoms with E-state index in [1.165, 1.54) is 18.4 Å². The lowest BCUT2D eigenvalue weighted by molar-refractivity contribution is 0.00363. The Hall–Kier alpha value is -1.34. The van der Waals surface area contributed by atoms with E-state index in [1.54, 1.807) is 0 Å². The van der Waals surface area contributed by atoms with Crippen LogP contribution in [-0.4, -0.2) is 42.4 Å². The van der Waals surface area contributed by atoms with Gasteiger partial charge in [-0.2, -0.15) is 0 Å². The molecule has 20 heavy (non-hydrogen) atoms. The number of ether oxygens (including phenoxy) is 1. The first kappa shape index (κ1) is 15.1. The monoisotopic (exact) mass is 273 g/mol. The molecule has 0 amide bonds. The zero-order valence-electron chi connectivity index (χ0n) is 12.1. The molecule has 0 saturated carbocycles. The topological polar surface area (TPSA) is 32.7 Å². The minimum atomic E-state index is -0.0889. The Morgan fingerprint density at radius 3 is 2.85 bits per heavy atom. The quantitative estimate of drug-likeness (QED) is 0.852. The van der Waals surface area contributed by atoms with Crippen molar-refractivity contribution in [2.45, 2.75) is 32.4 Å². The number of benzene rings is 1. The Morgan fingerprint density at radius 1 is 1.35 bits per heavy atom. The number of hydrogen-bond donors (Lipinski definition) is 1. The Bertz CT molecular complexity index is 456. The largest absolute Gasteiger partial charge is 0.384 e. The minimum Gasteiger partial charge on any atom is -0.384 e. The van der Waals surface area contributed by atoms with Crippen LogP contribution in [0.4, 0.5) is 0 Å². The van der Waals surface area contributed by atoms with E-state index in [1.807, 2.05) is 12.1 Å². The van der Waals surface area contributed by atoms with E-state index in [9.17, 15) is 0 Å². The molecule has 0 bridgehead atoms. The van der Waals surface area contributed by atoms with E-state index in [0.717, 1.165) is 31.8 Å². The van der Waals surface area contributed by atoms with Crippen LogP contribution in [0.1, 0.15) is 30.9 Å². The molecule has 1 fully saturated rings. The van der Waals surface area contributed by atoms with E-state index < -0.39 is 0 Å². The van der Waals surface area contributed by atoms with Crippen LogP contribution in [-0.2, 0) is 11.3 Å². The molecule has 1 heterocycles. The summed E-state index contributed by atoms with van der Waals surface area (Å²) in [6.45, 7) is 5.92. The van der Waals surface area contributed by atoms with Crippen molar-refractivity contribution in [1.29, 1.82) is 0 Å². The van der Waals surface area contributed by atoms with Gasteiger partial charge < -0.3 is 9.84 Å². The highest BCUT2D eigenvalue weighted by Crippen LogP contribution is 2.16. The maximum atomic E-state index is 8.67. The lowest BCUT2D eigenvalue weighted by Crippen LogP contribution is -2.39. The van der Waals surface area contributed by atoms with Gasteiger partial charge in [0, 0.05) is 25.3 Å². The van der Waals surface area contributed by atoms with Gasteiger partial charge in [0.2, 0.25) is 0 Å². The number of aliphatic hydroxyl groups excluding tert-OH is 1. The van der Waals surface area contributed by atoms with Gasteiger partial charge in [-0.05, 0) is 44.0 Å². The van der Waals surface area contributed by atoms with Gasteiger partial charge in [0.15, 0.2) is 0 Å². The van der Waals surface area contributed by atoms with E-state index in [4.69, 9.17) is 9.84 Å². The van der Waals surface area contributed by atoms with Gasteiger partial charge in [0.25, 0.3) is 0 Å². The molecule has 108 valence electrons. The van der Waals surface area contributed by atoms with Crippen molar-refractivity contribution >= 4 is 0 Å². The average molecular weight is 273 g/mol. The van der Waals surface area contributed by atoms with Crippen LogP contribution < -0.4 is 0 Å². The highest BCUT2D eigenvalue weighted by molar-refractivity contribution is 5.36. The van der Waals surface area contributed by atoms with Gasteiger partial charge >= 0.3 is 0 Å². The molecule has 0 radical (unpaired) electrons. The van der Waals surface area contributed by atoms with Crippen LogP contribution >= 0.6 is 0 Å². The van der Waals surface area contributed by atoms with Gasteiger partial charge in [0.05, 0.1) is 6.10 Å². The lowest BCUT2D eigenvalue weighted by atomic mass is 10.1. The number of aliphatic hydroxyl groups is 1. The second kappa shape index (κ2) is 8.06. The van der Waals surface area contributed by atoms with Crippen LogP contribution in [0.3, 0.4) is 0 Å². The van der Waals surface area contributed by atoms with Crippen molar-refractivity contribution in [3.63, 3.8) is 0 Å². The molecule has 0 aliphatic carbocycles. The fourth-order valence-corrected chi connectivity index (χ4v) is 2.62. The first-order chi connectivity index (χ1) is 9.81. The van der Waals surface area contributed by atoms with E-state index in [0.29, 0.717) is 6.10 Å². The second-order valence-electron chi connectivity index (χ2n) is 5.11. The average Bonchev–Trinajstić information content (AvgIpc) is 2.47. The predicted molar refractivity (Wildman–Crippen MR) is 80.3 cm³/mol. The fourth-order valence-electron chi connectivity index (χ4n) is 2.62. The zero-order valence-corrected chi connectivity index (χ0v) is 12.1. The standard InChI is InChI=1S/C17H23NO2/c1-2-20-17-6-3-11-18(14-17)13-16-9-7-15(8-10-16)5-4-12-19/h7-10,17,19H,2-3,6,11-14H2,1H3. The number of hydrogen-bond acceptors (Lipinski definition) is 3. The highest BCUT2D eigenvalue weighted by Gasteiger charge is 2.19. The zero-order chi connectivity index (χ0) is 14.2. The summed E-state index contributed by atoms with van der Waals surface area (Å²) >= 11 is 0. The van der Waals surface area contributed by atoms with Crippen LogP contribution in [0.2, 0.25) is 0 Å². The molecule has 1 aliphatic rings. The van der Waals surface area contributed by atoms with Crippen LogP contribution in [0, 0.1) is 11.8 Å². The van der Waals surface area contributed by atoms with Gasteiger partial charge in [-0.25, -0.2) is 0 Å². The van der Waals surface area contributed by atoms with Crippen molar-refractivity contribution < 1.29 is 9.84 Å². The fraction of sp³-hybridized carbons (Fsp3) is 0.529. The Kier molecular flexibility index (Phi) is 6.07. The Labute approximate surface area is 121 Å². The van der Waals surface area contributed by atoms with E-state index in [-0.39, 0.29) is 6.61 Å². The number of likely N-dealkylation sites (tertiary alicyclic amines) is 1. The van der Waals surface area contributed by atoms with Crippen molar-refractivity contribution in [2.24, 2.45) is 0 Å². The summed E-state index contributed by atoms with van der Waals surface area (Å²) in [6, 6.07) is 8.27. The van der Waals surface area contributed by atoms with Gasteiger partial charge in [-0.3, -0.25) is 4.90 Å². The van der Waals surface area contributed by atoms with Crippen LogP contribution in [0.15, 0.2) is 24.3 Å². The Balaban J connectivity index is 1.89. The smallest absolute Gasteiger partial charge is 0.104 e. The maximum absolute atomic E-state index is 8.67. The summed E-state index contributed by atoms with van der Waals surface area (Å²) in [7, 11) is 0. The number of nitrogens with zero attached hydrogens (tertiary/aromatic N) is 1. The normalized spacial score (nSPS) is 19.4. The molecule has 2 rings (SSSR count). The predicted octanol–water partition coefficient (Wildman–Crippen LogP) is 2.03. The van der Waals surface area contributed by atoms with E-state index in [2.05, 4.69) is 35.8 Å². The molecule has 0 aromatic heterocycles. The minimum absolute atomic E-state index is 0.0889. The van der Waals surface area contributed by atoms with Crippen LogP contribution in [0.5, 0.6) is 0 Å². The third-order valence-electron chi connectivity index (χ3n) is 3.54. The molecular weight excluding hydrogens is 250 g/mol. The lowest BCUT2D eigenvalue weighted by Gasteiger charge is -2.32. The SMILES string of the molecule is CCOC1CCCN(Cc2ccc(C#CCO)cc2)C1. The molecule has 1 unspecified atom stereocenters. The molecule has 3 nitrogen and oxygen atoms in total. The van der Waals surface area contributed by atoms with Crippen LogP contribution in [0.25, 0.3) is 0 Å². The van der Waals surface area contributed by atoms with Crippen molar-refractivity contribution in [3.8, 4) is 11.8 Å². The van der Waals surface area contributed by atoms with Gasteiger partial charge in [-0.1, -0.05) is 24.0 Å².